The van der Waals surface area contributed by atoms with Crippen LogP contribution in [0.4, 0.5) is 0 Å². The molecule has 0 aliphatic carbocycles. The molecule has 0 aliphatic heterocycles. The summed E-state index contributed by atoms with van der Waals surface area (Å²) in [6.45, 7) is 8.40. The average molecular weight is 312 g/mol. The smallest absolute Gasteiger partial charge is 0.306 e. The van der Waals surface area contributed by atoms with Crippen LogP contribution in [0.5, 0.6) is 0 Å². The van der Waals surface area contributed by atoms with E-state index in [9.17, 15) is 9.59 Å². The van der Waals surface area contributed by atoms with Crippen LogP contribution in [0.25, 0.3) is 0 Å². The summed E-state index contributed by atoms with van der Waals surface area (Å²) in [5.41, 5.74) is 1.12. The Morgan fingerprint density at radius 1 is 1.00 bits per heavy atom. The summed E-state index contributed by atoms with van der Waals surface area (Å²) in [4.78, 5) is 23.2. The fourth-order valence-electron chi connectivity index (χ4n) is 1.96. The van der Waals surface area contributed by atoms with Gasteiger partial charge in [0, 0.05) is 12.8 Å². The number of rotatable bonds is 12. The first kappa shape index (κ1) is 20.7. The van der Waals surface area contributed by atoms with Crippen molar-refractivity contribution >= 4 is 11.9 Å². The van der Waals surface area contributed by atoms with Gasteiger partial charge in [-0.15, -0.1) is 0 Å². The van der Waals surface area contributed by atoms with Gasteiger partial charge in [0.1, 0.15) is 12.7 Å². The highest BCUT2D eigenvalue weighted by molar-refractivity contribution is 5.72. The molecule has 22 heavy (non-hydrogen) atoms. The molecule has 0 spiro atoms. The Labute approximate surface area is 135 Å². The van der Waals surface area contributed by atoms with E-state index in [0.29, 0.717) is 13.0 Å². The fraction of sp³-hybridized carbons (Fsp3) is 0.778. The average Bonchev–Trinajstić information content (AvgIpc) is 2.46. The minimum absolute atomic E-state index is 0.0173. The van der Waals surface area contributed by atoms with Crippen LogP contribution in [0.1, 0.15) is 79.1 Å². The molecular weight excluding hydrogens is 280 g/mol. The van der Waals surface area contributed by atoms with Crippen molar-refractivity contribution in [3.63, 3.8) is 0 Å². The first-order valence-electron chi connectivity index (χ1n) is 8.48. The zero-order valence-electron chi connectivity index (χ0n) is 14.7. The Hall–Kier alpha value is -1.32. The number of hydrogen-bond acceptors (Lipinski definition) is 4. The molecule has 0 saturated carbocycles. The van der Waals surface area contributed by atoms with Crippen molar-refractivity contribution in [2.24, 2.45) is 0 Å². The molecule has 128 valence electrons. The molecule has 0 aliphatic rings. The molecule has 0 aromatic rings. The van der Waals surface area contributed by atoms with E-state index >= 15 is 0 Å². The van der Waals surface area contributed by atoms with Crippen molar-refractivity contribution in [3.05, 3.63) is 11.6 Å². The van der Waals surface area contributed by atoms with E-state index in [1.165, 1.54) is 12.8 Å². The molecular formula is C18H32O4. The second kappa shape index (κ2) is 13.4. The van der Waals surface area contributed by atoms with Crippen LogP contribution in [0, 0.1) is 0 Å². The maximum Gasteiger partial charge on any atom is 0.306 e. The predicted molar refractivity (Wildman–Crippen MR) is 88.6 cm³/mol. The molecule has 0 aromatic heterocycles. The van der Waals surface area contributed by atoms with Gasteiger partial charge in [0.2, 0.25) is 0 Å². The standard InChI is InChI=1S/C18H32O4/c1-5-7-8-10-16(6-2)22-18(20)12-9-11-17(19)21-14-13-15(3)4/h13,16H,5-12,14H2,1-4H3. The third-order valence-corrected chi connectivity index (χ3v) is 3.38. The van der Waals surface area contributed by atoms with E-state index in [-0.39, 0.29) is 30.9 Å². The Bertz CT molecular complexity index is 343. The summed E-state index contributed by atoms with van der Waals surface area (Å²) in [7, 11) is 0. The highest BCUT2D eigenvalue weighted by Gasteiger charge is 2.13. The summed E-state index contributed by atoms with van der Waals surface area (Å²) in [6.07, 6.45) is 8.11. The third kappa shape index (κ3) is 12.4. The number of allylic oxidation sites excluding steroid dienone is 1. The number of ether oxygens (including phenoxy) is 2. The molecule has 0 heterocycles. The van der Waals surface area contributed by atoms with E-state index in [2.05, 4.69) is 6.92 Å². The highest BCUT2D eigenvalue weighted by atomic mass is 16.5. The van der Waals surface area contributed by atoms with E-state index < -0.39 is 0 Å². The van der Waals surface area contributed by atoms with Crippen LogP contribution in [0.3, 0.4) is 0 Å². The van der Waals surface area contributed by atoms with Crippen molar-refractivity contribution in [1.29, 1.82) is 0 Å². The third-order valence-electron chi connectivity index (χ3n) is 3.38. The minimum Gasteiger partial charge on any atom is -0.462 e. The van der Waals surface area contributed by atoms with Crippen LogP contribution in [-0.4, -0.2) is 24.6 Å². The summed E-state index contributed by atoms with van der Waals surface area (Å²) in [5.74, 6) is -0.472. The van der Waals surface area contributed by atoms with E-state index in [0.717, 1.165) is 24.8 Å². The molecule has 0 amide bonds. The second-order valence-electron chi connectivity index (χ2n) is 5.83. The van der Waals surface area contributed by atoms with Crippen molar-refractivity contribution in [1.82, 2.24) is 0 Å². The van der Waals surface area contributed by atoms with Crippen LogP contribution in [0.2, 0.25) is 0 Å². The lowest BCUT2D eigenvalue weighted by Gasteiger charge is -2.15. The van der Waals surface area contributed by atoms with Crippen LogP contribution >= 0.6 is 0 Å². The Morgan fingerprint density at radius 3 is 2.27 bits per heavy atom. The zero-order chi connectivity index (χ0) is 16.8. The van der Waals surface area contributed by atoms with E-state index in [1.807, 2.05) is 26.8 Å². The first-order chi connectivity index (χ1) is 10.5. The van der Waals surface area contributed by atoms with Gasteiger partial charge in [0.25, 0.3) is 0 Å². The van der Waals surface area contributed by atoms with Gasteiger partial charge in [-0.1, -0.05) is 32.3 Å². The molecule has 0 N–H and O–H groups in total. The number of esters is 2. The van der Waals surface area contributed by atoms with Gasteiger partial charge in [-0.05, 0) is 45.6 Å². The topological polar surface area (TPSA) is 52.6 Å². The quantitative estimate of drug-likeness (QED) is 0.301. The van der Waals surface area contributed by atoms with E-state index in [4.69, 9.17) is 9.47 Å². The number of carbonyl (C=O) groups excluding carboxylic acids is 2. The number of unbranched alkanes of at least 4 members (excludes halogenated alkanes) is 2. The Balaban J connectivity index is 3.78. The molecule has 4 nitrogen and oxygen atoms in total. The Kier molecular flexibility index (Phi) is 12.5. The molecule has 0 radical (unpaired) electrons. The lowest BCUT2D eigenvalue weighted by molar-refractivity contribution is -0.150. The monoisotopic (exact) mass is 312 g/mol. The lowest BCUT2D eigenvalue weighted by atomic mass is 10.1. The van der Waals surface area contributed by atoms with Gasteiger partial charge in [0.15, 0.2) is 0 Å². The van der Waals surface area contributed by atoms with Gasteiger partial charge >= 0.3 is 11.9 Å². The molecule has 1 unspecified atom stereocenters. The zero-order valence-corrected chi connectivity index (χ0v) is 14.7. The molecule has 4 heteroatoms. The summed E-state index contributed by atoms with van der Waals surface area (Å²) < 4.78 is 10.5. The normalized spacial score (nSPS) is 11.6. The van der Waals surface area contributed by atoms with Gasteiger partial charge in [-0.25, -0.2) is 0 Å². The van der Waals surface area contributed by atoms with Crippen molar-refractivity contribution < 1.29 is 19.1 Å². The molecule has 0 saturated heterocycles. The maximum absolute atomic E-state index is 11.7. The number of carbonyl (C=O) groups is 2. The molecule has 1 atom stereocenters. The Morgan fingerprint density at radius 2 is 1.68 bits per heavy atom. The van der Waals surface area contributed by atoms with Gasteiger partial charge in [-0.2, -0.15) is 0 Å². The van der Waals surface area contributed by atoms with Crippen molar-refractivity contribution in [2.75, 3.05) is 6.61 Å². The van der Waals surface area contributed by atoms with Crippen LogP contribution < -0.4 is 0 Å². The maximum atomic E-state index is 11.7. The summed E-state index contributed by atoms with van der Waals surface area (Å²) in [5, 5.41) is 0. The SMILES string of the molecule is CCCCCC(CC)OC(=O)CCCC(=O)OCC=C(C)C. The first-order valence-corrected chi connectivity index (χ1v) is 8.48. The van der Waals surface area contributed by atoms with Gasteiger partial charge in [0.05, 0.1) is 0 Å². The fourth-order valence-corrected chi connectivity index (χ4v) is 1.96. The van der Waals surface area contributed by atoms with Crippen molar-refractivity contribution in [2.45, 2.75) is 85.2 Å². The molecule has 0 rings (SSSR count). The summed E-state index contributed by atoms with van der Waals surface area (Å²) >= 11 is 0. The second-order valence-corrected chi connectivity index (χ2v) is 5.83. The highest BCUT2D eigenvalue weighted by Crippen LogP contribution is 2.12. The van der Waals surface area contributed by atoms with Crippen molar-refractivity contribution in [3.8, 4) is 0 Å². The van der Waals surface area contributed by atoms with Gasteiger partial charge < -0.3 is 9.47 Å². The molecule has 0 bridgehead atoms. The predicted octanol–water partition coefficient (Wildman–Crippen LogP) is 4.57. The van der Waals surface area contributed by atoms with Crippen LogP contribution in [0.15, 0.2) is 11.6 Å². The number of hydrogen-bond donors (Lipinski definition) is 0. The van der Waals surface area contributed by atoms with Gasteiger partial charge in [-0.3, -0.25) is 9.59 Å². The molecule has 0 fully saturated rings. The largest absolute Gasteiger partial charge is 0.462 e. The van der Waals surface area contributed by atoms with Crippen LogP contribution in [-0.2, 0) is 19.1 Å². The lowest BCUT2D eigenvalue weighted by Crippen LogP contribution is -2.17. The summed E-state index contributed by atoms with van der Waals surface area (Å²) in [6, 6.07) is 0. The molecule has 0 aromatic carbocycles. The minimum atomic E-state index is -0.264. The van der Waals surface area contributed by atoms with E-state index in [1.54, 1.807) is 0 Å².